The predicted octanol–water partition coefficient (Wildman–Crippen LogP) is -1.69. The highest BCUT2D eigenvalue weighted by molar-refractivity contribution is 7.47. The lowest BCUT2D eigenvalue weighted by Gasteiger charge is -2.32. The average Bonchev–Trinajstić information content (AvgIpc) is 3.82. The van der Waals surface area contributed by atoms with E-state index in [0.29, 0.717) is 0 Å². The van der Waals surface area contributed by atoms with Crippen molar-refractivity contribution < 1.29 is 56.3 Å². The molecular formula is C22H26N10O13P2. The molecule has 10 atom stereocenters. The molecule has 0 saturated carbocycles. The van der Waals surface area contributed by atoms with Gasteiger partial charge in [0.2, 0.25) is 5.95 Å². The van der Waals surface area contributed by atoms with Crippen LogP contribution >= 0.6 is 15.6 Å². The first-order chi connectivity index (χ1) is 22.4. The first-order valence-corrected chi connectivity index (χ1v) is 16.9. The van der Waals surface area contributed by atoms with Crippen LogP contribution in [0.25, 0.3) is 22.3 Å². The molecule has 252 valence electrons. The topological polar surface area (TPSA) is 319 Å². The number of aromatic amines is 1. The van der Waals surface area contributed by atoms with Crippen molar-refractivity contribution in [2.24, 2.45) is 5.92 Å². The minimum Gasteiger partial charge on any atom is -0.396 e. The van der Waals surface area contributed by atoms with Gasteiger partial charge in [0.05, 0.1) is 45.2 Å². The Morgan fingerprint density at radius 2 is 1.70 bits per heavy atom. The fourth-order valence-electron chi connectivity index (χ4n) is 6.30. The molecule has 0 spiro atoms. The first-order valence-electron chi connectivity index (χ1n) is 13.9. The highest BCUT2D eigenvalue weighted by Crippen LogP contribution is 2.58. The molecule has 47 heavy (non-hydrogen) atoms. The number of nitrogen functional groups attached to an aromatic ring is 2. The van der Waals surface area contributed by atoms with Gasteiger partial charge in [-0.25, -0.2) is 29.1 Å². The largest absolute Gasteiger partial charge is 0.472 e. The molecule has 25 heteroatoms. The van der Waals surface area contributed by atoms with Gasteiger partial charge in [-0.05, 0) is 0 Å². The number of anilines is 2. The lowest BCUT2D eigenvalue weighted by atomic mass is 9.99. The quantitative estimate of drug-likeness (QED) is 0.130. The molecule has 8 N–H and O–H groups in total. The minimum absolute atomic E-state index is 0.0746. The maximum Gasteiger partial charge on any atom is 0.472 e. The molecule has 4 bridgehead atoms. The van der Waals surface area contributed by atoms with E-state index >= 15 is 0 Å². The summed E-state index contributed by atoms with van der Waals surface area (Å²) in [5, 5.41) is 10.3. The SMILES string of the molecule is Nc1nc2c(ncn2C2OC3COP(=O)(O)OC4C5OCC4(COP(=O)(O)OC2C3CO)OC5n2cnc3c(N)ncnc32)c(=O)[nH]1. The number of phosphoric acid groups is 2. The number of ether oxygens (including phenoxy) is 3. The number of phosphoric ester groups is 2. The average molecular weight is 700 g/mol. The summed E-state index contributed by atoms with van der Waals surface area (Å²) in [7, 11) is -10.0. The summed E-state index contributed by atoms with van der Waals surface area (Å²) in [4.78, 5) is 57.0. The molecule has 8 heterocycles. The van der Waals surface area contributed by atoms with Crippen molar-refractivity contribution in [1.82, 2.24) is 39.0 Å². The molecule has 4 aliphatic heterocycles. The van der Waals surface area contributed by atoms with E-state index < -0.39 is 89.4 Å². The number of fused-ring (bicyclic) bond motifs is 4. The van der Waals surface area contributed by atoms with E-state index in [4.69, 9.17) is 43.8 Å². The zero-order chi connectivity index (χ0) is 32.9. The molecule has 0 amide bonds. The van der Waals surface area contributed by atoms with Crippen LogP contribution in [-0.4, -0.2) is 110 Å². The zero-order valence-corrected chi connectivity index (χ0v) is 25.5. The van der Waals surface area contributed by atoms with Gasteiger partial charge >= 0.3 is 15.6 Å². The fraction of sp³-hybridized carbons (Fsp3) is 0.545. The van der Waals surface area contributed by atoms with Crippen LogP contribution in [0.5, 0.6) is 0 Å². The Labute approximate surface area is 260 Å². The second-order valence-electron chi connectivity index (χ2n) is 11.2. The van der Waals surface area contributed by atoms with E-state index in [1.807, 2.05) is 0 Å². The third kappa shape index (κ3) is 4.98. The highest BCUT2D eigenvalue weighted by atomic mass is 31.2. The van der Waals surface area contributed by atoms with Crippen molar-refractivity contribution in [2.75, 3.05) is 37.9 Å². The highest BCUT2D eigenvalue weighted by Gasteiger charge is 2.66. The Morgan fingerprint density at radius 1 is 0.957 bits per heavy atom. The van der Waals surface area contributed by atoms with Gasteiger partial charge in [0.1, 0.15) is 35.8 Å². The molecule has 0 radical (unpaired) electrons. The molecule has 0 aromatic carbocycles. The standard InChI is InChI=1S/C22H26N10O13P2/c23-15-10-16(26-5-25-15)31(6-27-10)20-13-14-22(43-20,3-39-13)4-41-47(37,38)44-12-8(1-33)9(2-40-46(35,36)45-14)42-19(12)32-7-28-11-17(32)29-21(24)30-18(11)34/h5-9,12-14,19-20,33H,1-4H2,(H,35,36)(H,37,38)(H2,23,25,26)(H3,24,29,30,34). The summed E-state index contributed by atoms with van der Waals surface area (Å²) in [6, 6.07) is 0. The van der Waals surface area contributed by atoms with Crippen molar-refractivity contribution in [3.63, 3.8) is 0 Å². The predicted molar refractivity (Wildman–Crippen MR) is 151 cm³/mol. The molecule has 10 unspecified atom stereocenters. The molecule has 4 saturated heterocycles. The number of nitrogens with one attached hydrogen (secondary N) is 1. The van der Waals surface area contributed by atoms with Crippen LogP contribution in [0, 0.1) is 5.92 Å². The lowest BCUT2D eigenvalue weighted by Crippen LogP contribution is -2.45. The minimum atomic E-state index is -5.07. The van der Waals surface area contributed by atoms with E-state index in [9.17, 15) is 28.8 Å². The monoisotopic (exact) mass is 700 g/mol. The summed E-state index contributed by atoms with van der Waals surface area (Å²) in [6.45, 7) is -2.39. The Kier molecular flexibility index (Phi) is 7.08. The van der Waals surface area contributed by atoms with Crippen LogP contribution in [-0.2, 0) is 41.4 Å². The van der Waals surface area contributed by atoms with Gasteiger partial charge in [0.25, 0.3) is 5.56 Å². The van der Waals surface area contributed by atoms with E-state index in [1.165, 1.54) is 21.8 Å². The molecule has 4 aromatic rings. The second-order valence-corrected chi connectivity index (χ2v) is 14.0. The summed E-state index contributed by atoms with van der Waals surface area (Å²) < 4.78 is 69.7. The summed E-state index contributed by atoms with van der Waals surface area (Å²) in [6.07, 6.45) is -3.92. The Hall–Kier alpha value is -3.44. The van der Waals surface area contributed by atoms with Gasteiger partial charge in [-0.1, -0.05) is 0 Å². The number of rotatable bonds is 3. The van der Waals surface area contributed by atoms with Crippen molar-refractivity contribution >= 4 is 49.7 Å². The van der Waals surface area contributed by atoms with Crippen LogP contribution in [0.4, 0.5) is 11.8 Å². The third-order valence-corrected chi connectivity index (χ3v) is 10.4. The Balaban J connectivity index is 1.15. The van der Waals surface area contributed by atoms with Crippen molar-refractivity contribution in [2.45, 2.75) is 42.5 Å². The number of H-pyrrole nitrogens is 1. The van der Waals surface area contributed by atoms with E-state index in [2.05, 4.69) is 29.9 Å². The van der Waals surface area contributed by atoms with Gasteiger partial charge in [-0.2, -0.15) is 4.98 Å². The second kappa shape index (κ2) is 10.8. The maximum atomic E-state index is 13.5. The normalized spacial score (nSPS) is 39.1. The molecule has 4 fully saturated rings. The molecule has 8 rings (SSSR count). The number of hydrogen-bond acceptors (Lipinski definition) is 18. The van der Waals surface area contributed by atoms with Crippen LogP contribution < -0.4 is 17.0 Å². The molecule has 0 aliphatic carbocycles. The van der Waals surface area contributed by atoms with Crippen LogP contribution in [0.2, 0.25) is 0 Å². The van der Waals surface area contributed by atoms with Crippen LogP contribution in [0.3, 0.4) is 0 Å². The number of nitrogens with zero attached hydrogens (tertiary/aromatic N) is 7. The molecule has 4 aliphatic rings. The van der Waals surface area contributed by atoms with E-state index in [1.54, 1.807) is 0 Å². The number of hydrogen-bond donors (Lipinski definition) is 6. The smallest absolute Gasteiger partial charge is 0.396 e. The van der Waals surface area contributed by atoms with Crippen LogP contribution in [0.1, 0.15) is 12.5 Å². The van der Waals surface area contributed by atoms with Gasteiger partial charge in [-0.3, -0.25) is 37.0 Å². The van der Waals surface area contributed by atoms with E-state index in [0.717, 1.165) is 6.33 Å². The van der Waals surface area contributed by atoms with Crippen molar-refractivity contribution in [1.29, 1.82) is 0 Å². The number of aliphatic hydroxyl groups excluding tert-OH is 1. The Morgan fingerprint density at radius 3 is 2.49 bits per heavy atom. The molecule has 23 nitrogen and oxygen atoms in total. The lowest BCUT2D eigenvalue weighted by molar-refractivity contribution is -0.184. The summed E-state index contributed by atoms with van der Waals surface area (Å²) in [5.41, 5.74) is 9.52. The van der Waals surface area contributed by atoms with Crippen molar-refractivity contribution in [3.8, 4) is 0 Å². The molecular weight excluding hydrogens is 674 g/mol. The zero-order valence-electron chi connectivity index (χ0n) is 23.7. The van der Waals surface area contributed by atoms with Gasteiger partial charge < -0.3 is 40.6 Å². The third-order valence-electron chi connectivity index (χ3n) is 8.44. The maximum absolute atomic E-state index is 13.5. The van der Waals surface area contributed by atoms with Gasteiger partial charge in [-0.15, -0.1) is 0 Å². The van der Waals surface area contributed by atoms with Crippen LogP contribution in [0.15, 0.2) is 23.8 Å². The number of imidazole rings is 2. The number of aliphatic hydroxyl groups is 1. The summed E-state index contributed by atoms with van der Waals surface area (Å²) in [5.74, 6) is -1.30. The van der Waals surface area contributed by atoms with E-state index in [-0.39, 0.29) is 40.7 Å². The van der Waals surface area contributed by atoms with Gasteiger partial charge in [0.15, 0.2) is 35.1 Å². The number of nitrogens with two attached hydrogens (primary N) is 2. The van der Waals surface area contributed by atoms with Gasteiger partial charge in [0, 0.05) is 5.92 Å². The Bertz CT molecular complexity index is 2040. The molecule has 4 aromatic heterocycles. The number of aromatic nitrogens is 8. The fourth-order valence-corrected chi connectivity index (χ4v) is 8.30. The summed E-state index contributed by atoms with van der Waals surface area (Å²) >= 11 is 0. The van der Waals surface area contributed by atoms with Crippen molar-refractivity contribution in [3.05, 3.63) is 29.3 Å². The first kappa shape index (κ1) is 30.9.